The molecule has 6 heteroatoms. The third kappa shape index (κ3) is 5.22. The van der Waals surface area contributed by atoms with Crippen molar-refractivity contribution in [3.05, 3.63) is 46.8 Å². The topological polar surface area (TPSA) is 78.9 Å². The number of aryl methyl sites for hydroxylation is 3. The summed E-state index contributed by atoms with van der Waals surface area (Å²) in [6.07, 6.45) is 0. The molecule has 0 saturated carbocycles. The van der Waals surface area contributed by atoms with Crippen LogP contribution in [0.25, 0.3) is 0 Å². The Labute approximate surface area is 143 Å². The Kier molecular flexibility index (Phi) is 6.12. The monoisotopic (exact) mass is 327 g/mol. The third-order valence-electron chi connectivity index (χ3n) is 3.40. The number of carbonyl (C=O) groups is 1. The molecule has 128 valence electrons. The van der Waals surface area contributed by atoms with Gasteiger partial charge in [0.2, 0.25) is 0 Å². The molecule has 0 aliphatic rings. The van der Waals surface area contributed by atoms with E-state index in [0.29, 0.717) is 24.5 Å². The summed E-state index contributed by atoms with van der Waals surface area (Å²) < 4.78 is 0. The number of aromatic nitrogens is 2. The molecule has 0 fully saturated rings. The van der Waals surface area contributed by atoms with Crippen molar-refractivity contribution in [2.75, 3.05) is 30.3 Å². The van der Waals surface area contributed by atoms with Gasteiger partial charge >= 0.3 is 0 Å². The van der Waals surface area contributed by atoms with Crippen LogP contribution in [0.15, 0.2) is 24.3 Å². The SMILES string of the molecule is CCNc1cc(NCCNC(=O)c2cc(C)cc(C)c2)nc(C)n1. The predicted octanol–water partition coefficient (Wildman–Crippen LogP) is 2.68. The Morgan fingerprint density at radius 3 is 2.17 bits per heavy atom. The molecule has 0 radical (unpaired) electrons. The van der Waals surface area contributed by atoms with Crippen molar-refractivity contribution in [3.63, 3.8) is 0 Å². The molecule has 2 aromatic rings. The fourth-order valence-corrected chi connectivity index (χ4v) is 2.50. The number of hydrogen-bond donors (Lipinski definition) is 3. The summed E-state index contributed by atoms with van der Waals surface area (Å²) in [5.74, 6) is 2.19. The van der Waals surface area contributed by atoms with E-state index >= 15 is 0 Å². The van der Waals surface area contributed by atoms with Crippen LogP contribution in [0.3, 0.4) is 0 Å². The average Bonchev–Trinajstić information content (AvgIpc) is 2.50. The second-order valence-corrected chi connectivity index (χ2v) is 5.78. The molecule has 24 heavy (non-hydrogen) atoms. The van der Waals surface area contributed by atoms with E-state index in [9.17, 15) is 4.79 Å². The number of amides is 1. The molecule has 1 aromatic heterocycles. The number of benzene rings is 1. The summed E-state index contributed by atoms with van der Waals surface area (Å²) in [7, 11) is 0. The zero-order valence-electron chi connectivity index (χ0n) is 14.7. The summed E-state index contributed by atoms with van der Waals surface area (Å²) in [5, 5.41) is 9.29. The highest BCUT2D eigenvalue weighted by atomic mass is 16.1. The van der Waals surface area contributed by atoms with Gasteiger partial charge in [-0.1, -0.05) is 17.2 Å². The predicted molar refractivity (Wildman–Crippen MR) is 97.7 cm³/mol. The molecule has 0 aliphatic carbocycles. The lowest BCUT2D eigenvalue weighted by Crippen LogP contribution is -2.29. The molecule has 1 amide bonds. The molecule has 3 N–H and O–H groups in total. The molecule has 1 aromatic carbocycles. The van der Waals surface area contributed by atoms with Crippen molar-refractivity contribution >= 4 is 17.5 Å². The van der Waals surface area contributed by atoms with Crippen LogP contribution in [-0.2, 0) is 0 Å². The van der Waals surface area contributed by atoms with Gasteiger partial charge in [0, 0.05) is 31.3 Å². The lowest BCUT2D eigenvalue weighted by atomic mass is 10.1. The number of carbonyl (C=O) groups excluding carboxylic acids is 1. The molecule has 0 bridgehead atoms. The fourth-order valence-electron chi connectivity index (χ4n) is 2.50. The summed E-state index contributed by atoms with van der Waals surface area (Å²) >= 11 is 0. The number of rotatable bonds is 7. The van der Waals surface area contributed by atoms with Gasteiger partial charge in [-0.2, -0.15) is 0 Å². The molecule has 1 heterocycles. The van der Waals surface area contributed by atoms with E-state index < -0.39 is 0 Å². The van der Waals surface area contributed by atoms with E-state index in [1.54, 1.807) is 0 Å². The Morgan fingerprint density at radius 2 is 1.54 bits per heavy atom. The minimum atomic E-state index is -0.0594. The Morgan fingerprint density at radius 1 is 0.917 bits per heavy atom. The maximum Gasteiger partial charge on any atom is 0.251 e. The molecule has 0 unspecified atom stereocenters. The van der Waals surface area contributed by atoms with E-state index in [1.165, 1.54) is 0 Å². The van der Waals surface area contributed by atoms with Gasteiger partial charge in [0.05, 0.1) is 0 Å². The number of nitrogens with zero attached hydrogens (tertiary/aromatic N) is 2. The van der Waals surface area contributed by atoms with Crippen molar-refractivity contribution in [1.82, 2.24) is 15.3 Å². The molecule has 0 spiro atoms. The van der Waals surface area contributed by atoms with Gasteiger partial charge in [-0.15, -0.1) is 0 Å². The fraction of sp³-hybridized carbons (Fsp3) is 0.389. The van der Waals surface area contributed by atoms with Gasteiger partial charge < -0.3 is 16.0 Å². The Hall–Kier alpha value is -2.63. The Bertz CT molecular complexity index is 694. The van der Waals surface area contributed by atoms with Gasteiger partial charge in [0.15, 0.2) is 0 Å². The summed E-state index contributed by atoms with van der Waals surface area (Å²) in [6.45, 7) is 9.78. The smallest absolute Gasteiger partial charge is 0.251 e. The van der Waals surface area contributed by atoms with Crippen LogP contribution in [0.4, 0.5) is 11.6 Å². The minimum absolute atomic E-state index is 0.0594. The summed E-state index contributed by atoms with van der Waals surface area (Å²) in [5.41, 5.74) is 2.87. The molecular formula is C18H25N5O. The van der Waals surface area contributed by atoms with Crippen molar-refractivity contribution < 1.29 is 4.79 Å². The van der Waals surface area contributed by atoms with Crippen LogP contribution >= 0.6 is 0 Å². The number of nitrogens with one attached hydrogen (secondary N) is 3. The van der Waals surface area contributed by atoms with Gasteiger partial charge in [-0.05, 0) is 39.8 Å². The molecule has 0 saturated heterocycles. The van der Waals surface area contributed by atoms with Crippen LogP contribution in [0.5, 0.6) is 0 Å². The van der Waals surface area contributed by atoms with E-state index in [0.717, 1.165) is 29.3 Å². The summed E-state index contributed by atoms with van der Waals surface area (Å²) in [6, 6.07) is 7.71. The quantitative estimate of drug-likeness (QED) is 0.681. The maximum atomic E-state index is 12.2. The van der Waals surface area contributed by atoms with E-state index in [2.05, 4.69) is 32.0 Å². The first-order chi connectivity index (χ1) is 11.5. The van der Waals surface area contributed by atoms with E-state index in [1.807, 2.05) is 45.9 Å². The molecular weight excluding hydrogens is 302 g/mol. The minimum Gasteiger partial charge on any atom is -0.370 e. The first-order valence-corrected chi connectivity index (χ1v) is 8.18. The zero-order chi connectivity index (χ0) is 17.5. The highest BCUT2D eigenvalue weighted by Crippen LogP contribution is 2.11. The average molecular weight is 327 g/mol. The third-order valence-corrected chi connectivity index (χ3v) is 3.40. The lowest BCUT2D eigenvalue weighted by Gasteiger charge is -2.10. The molecule has 2 rings (SSSR count). The first-order valence-electron chi connectivity index (χ1n) is 8.18. The van der Waals surface area contributed by atoms with Crippen LogP contribution in [0.1, 0.15) is 34.2 Å². The van der Waals surface area contributed by atoms with Gasteiger partial charge in [-0.3, -0.25) is 4.79 Å². The standard InChI is InChI=1S/C18H25N5O/c1-5-19-16-11-17(23-14(4)22-16)20-6-7-21-18(24)15-9-12(2)8-13(3)10-15/h8-11H,5-7H2,1-4H3,(H,21,24)(H2,19,20,22,23). The molecule has 0 atom stereocenters. The van der Waals surface area contributed by atoms with Gasteiger partial charge in [0.1, 0.15) is 17.5 Å². The van der Waals surface area contributed by atoms with E-state index in [-0.39, 0.29) is 5.91 Å². The highest BCUT2D eigenvalue weighted by Gasteiger charge is 2.06. The normalized spacial score (nSPS) is 10.3. The zero-order valence-corrected chi connectivity index (χ0v) is 14.7. The van der Waals surface area contributed by atoms with Crippen LogP contribution < -0.4 is 16.0 Å². The molecule has 6 nitrogen and oxygen atoms in total. The number of anilines is 2. The molecule has 0 aliphatic heterocycles. The van der Waals surface area contributed by atoms with Gasteiger partial charge in [0.25, 0.3) is 5.91 Å². The van der Waals surface area contributed by atoms with Crippen molar-refractivity contribution in [1.29, 1.82) is 0 Å². The maximum absolute atomic E-state index is 12.2. The first kappa shape index (κ1) is 17.7. The van der Waals surface area contributed by atoms with E-state index in [4.69, 9.17) is 0 Å². The van der Waals surface area contributed by atoms with Crippen molar-refractivity contribution in [2.24, 2.45) is 0 Å². The van der Waals surface area contributed by atoms with Gasteiger partial charge in [-0.25, -0.2) is 9.97 Å². The van der Waals surface area contributed by atoms with Crippen LogP contribution in [0.2, 0.25) is 0 Å². The van der Waals surface area contributed by atoms with Crippen LogP contribution in [0, 0.1) is 20.8 Å². The largest absolute Gasteiger partial charge is 0.370 e. The lowest BCUT2D eigenvalue weighted by molar-refractivity contribution is 0.0955. The summed E-state index contributed by atoms with van der Waals surface area (Å²) in [4.78, 5) is 20.8. The van der Waals surface area contributed by atoms with Crippen LogP contribution in [-0.4, -0.2) is 35.5 Å². The van der Waals surface area contributed by atoms with Crippen molar-refractivity contribution in [3.8, 4) is 0 Å². The highest BCUT2D eigenvalue weighted by molar-refractivity contribution is 5.94. The van der Waals surface area contributed by atoms with Crippen molar-refractivity contribution in [2.45, 2.75) is 27.7 Å². The second-order valence-electron chi connectivity index (χ2n) is 5.78. The number of hydrogen-bond acceptors (Lipinski definition) is 5. The Balaban J connectivity index is 1.85. The second kappa shape index (κ2) is 8.29.